The van der Waals surface area contributed by atoms with Crippen molar-refractivity contribution < 1.29 is 0 Å². The van der Waals surface area contributed by atoms with Crippen molar-refractivity contribution >= 4 is 6.08 Å². The maximum atomic E-state index is 2.41. The average molecular weight is 196 g/mol. The lowest BCUT2D eigenvalue weighted by molar-refractivity contribution is 0.705. The Hall–Kier alpha value is -1.30. The smallest absolute Gasteiger partial charge is 0.00135 e. The first-order valence-corrected chi connectivity index (χ1v) is 5.80. The minimum atomic E-state index is 0.745. The molecule has 1 fully saturated rings. The first-order valence-electron chi connectivity index (χ1n) is 5.80. The summed E-state index contributed by atoms with van der Waals surface area (Å²) >= 11 is 0. The molecule has 2 bridgehead atoms. The molecule has 0 heteroatoms. The average Bonchev–Trinajstić information content (AvgIpc) is 2.81. The minimum absolute atomic E-state index is 0.745. The van der Waals surface area contributed by atoms with E-state index in [1.165, 1.54) is 24.0 Å². The summed E-state index contributed by atoms with van der Waals surface area (Å²) in [5.41, 5.74) is 4.42. The highest BCUT2D eigenvalue weighted by molar-refractivity contribution is 5.60. The predicted octanol–water partition coefficient (Wildman–Crippen LogP) is 3.97. The van der Waals surface area contributed by atoms with Gasteiger partial charge in [0.2, 0.25) is 0 Å². The van der Waals surface area contributed by atoms with E-state index < -0.39 is 0 Å². The van der Waals surface area contributed by atoms with E-state index in [0.29, 0.717) is 0 Å². The van der Waals surface area contributed by atoms with Crippen LogP contribution < -0.4 is 0 Å². The molecule has 0 nitrogen and oxygen atoms in total. The molecule has 1 saturated carbocycles. The number of rotatable bonds is 1. The van der Waals surface area contributed by atoms with E-state index in [4.69, 9.17) is 0 Å². The third-order valence-corrected chi connectivity index (χ3v) is 3.73. The molecule has 2 atom stereocenters. The molecule has 0 aliphatic heterocycles. The lowest BCUT2D eigenvalue weighted by Gasteiger charge is -2.06. The van der Waals surface area contributed by atoms with Crippen LogP contribution in [0.15, 0.2) is 42.0 Å². The zero-order chi connectivity index (χ0) is 10.3. The van der Waals surface area contributed by atoms with Gasteiger partial charge in [-0.15, -0.1) is 0 Å². The number of benzene rings is 1. The van der Waals surface area contributed by atoms with Crippen LogP contribution >= 0.6 is 0 Å². The third kappa shape index (κ3) is 1.45. The number of hydrogen-bond acceptors (Lipinski definition) is 0. The molecule has 15 heavy (non-hydrogen) atoms. The summed E-state index contributed by atoms with van der Waals surface area (Å²) in [7, 11) is 0. The van der Waals surface area contributed by atoms with E-state index in [0.717, 1.165) is 11.8 Å². The molecule has 1 aromatic rings. The molecule has 0 heterocycles. The first-order chi connectivity index (χ1) is 7.34. The quantitative estimate of drug-likeness (QED) is 0.596. The molecule has 0 amide bonds. The van der Waals surface area contributed by atoms with Gasteiger partial charge in [0, 0.05) is 0 Å². The Morgan fingerprint density at radius 2 is 1.73 bits per heavy atom. The molecule has 0 radical (unpaired) electrons. The largest absolute Gasteiger partial charge is 0.0807 e. The predicted molar refractivity (Wildman–Crippen MR) is 64.5 cm³/mol. The number of aryl methyl sites for hydroxylation is 1. The Labute approximate surface area is 91.3 Å². The molecule has 1 aromatic carbocycles. The van der Waals surface area contributed by atoms with E-state index in [-0.39, 0.29) is 0 Å². The molecular formula is C15H16. The molecule has 2 unspecified atom stereocenters. The molecular weight excluding hydrogens is 180 g/mol. The molecule has 2 aliphatic carbocycles. The van der Waals surface area contributed by atoms with Crippen molar-refractivity contribution in [3.63, 3.8) is 0 Å². The van der Waals surface area contributed by atoms with Crippen molar-refractivity contribution in [3.05, 3.63) is 53.1 Å². The third-order valence-electron chi connectivity index (χ3n) is 3.73. The fraction of sp³-hybridized carbons (Fsp3) is 0.333. The van der Waals surface area contributed by atoms with Crippen molar-refractivity contribution in [2.45, 2.75) is 19.8 Å². The van der Waals surface area contributed by atoms with Gasteiger partial charge in [0.1, 0.15) is 0 Å². The van der Waals surface area contributed by atoms with Crippen molar-refractivity contribution in [2.75, 3.05) is 0 Å². The summed E-state index contributed by atoms with van der Waals surface area (Å²) in [4.78, 5) is 0. The molecule has 0 spiro atoms. The van der Waals surface area contributed by atoms with Crippen LogP contribution in [0, 0.1) is 18.8 Å². The van der Waals surface area contributed by atoms with Gasteiger partial charge in [-0.3, -0.25) is 0 Å². The van der Waals surface area contributed by atoms with Gasteiger partial charge >= 0.3 is 0 Å². The zero-order valence-electron chi connectivity index (χ0n) is 9.11. The van der Waals surface area contributed by atoms with Crippen LogP contribution in [-0.4, -0.2) is 0 Å². The van der Waals surface area contributed by atoms with E-state index in [9.17, 15) is 0 Å². The summed E-state index contributed by atoms with van der Waals surface area (Å²) in [6.45, 7) is 2.19. The van der Waals surface area contributed by atoms with Crippen LogP contribution in [0.5, 0.6) is 0 Å². The molecule has 2 aliphatic rings. The SMILES string of the molecule is Cc1ccccc1C=C1C2C=CC1CC2. The molecule has 0 N–H and O–H groups in total. The number of allylic oxidation sites excluding steroid dienone is 3. The van der Waals surface area contributed by atoms with Gasteiger partial charge in [-0.25, -0.2) is 0 Å². The van der Waals surface area contributed by atoms with Crippen LogP contribution in [0.1, 0.15) is 24.0 Å². The zero-order valence-corrected chi connectivity index (χ0v) is 9.11. The number of fused-ring (bicyclic) bond motifs is 2. The summed E-state index contributed by atoms with van der Waals surface area (Å²) < 4.78 is 0. The molecule has 3 rings (SSSR count). The lowest BCUT2D eigenvalue weighted by Crippen LogP contribution is -1.91. The van der Waals surface area contributed by atoms with Crippen molar-refractivity contribution in [1.29, 1.82) is 0 Å². The van der Waals surface area contributed by atoms with Crippen LogP contribution in [0.2, 0.25) is 0 Å². The Morgan fingerprint density at radius 3 is 2.33 bits per heavy atom. The highest BCUT2D eigenvalue weighted by Crippen LogP contribution is 2.44. The van der Waals surface area contributed by atoms with E-state index in [1.54, 1.807) is 5.57 Å². The van der Waals surface area contributed by atoms with Gasteiger partial charge < -0.3 is 0 Å². The first kappa shape index (κ1) is 8.96. The highest BCUT2D eigenvalue weighted by Gasteiger charge is 2.31. The normalized spacial score (nSPS) is 27.4. The Kier molecular flexibility index (Phi) is 2.02. The van der Waals surface area contributed by atoms with Crippen LogP contribution in [0.25, 0.3) is 6.08 Å². The lowest BCUT2D eigenvalue weighted by atomic mass is 9.99. The van der Waals surface area contributed by atoms with Gasteiger partial charge in [-0.1, -0.05) is 48.1 Å². The second-order valence-corrected chi connectivity index (χ2v) is 4.68. The van der Waals surface area contributed by atoms with Crippen molar-refractivity contribution in [1.82, 2.24) is 0 Å². The maximum Gasteiger partial charge on any atom is -0.00135 e. The van der Waals surface area contributed by atoms with Gasteiger partial charge in [0.25, 0.3) is 0 Å². The van der Waals surface area contributed by atoms with Gasteiger partial charge in [-0.05, 0) is 42.7 Å². The van der Waals surface area contributed by atoms with Crippen LogP contribution in [0.4, 0.5) is 0 Å². The molecule has 76 valence electrons. The van der Waals surface area contributed by atoms with Gasteiger partial charge in [0.05, 0.1) is 0 Å². The van der Waals surface area contributed by atoms with Gasteiger partial charge in [0.15, 0.2) is 0 Å². The summed E-state index contributed by atoms with van der Waals surface area (Å²) in [5, 5.41) is 0. The van der Waals surface area contributed by atoms with Crippen LogP contribution in [-0.2, 0) is 0 Å². The molecule has 0 saturated heterocycles. The molecule has 0 aromatic heterocycles. The Balaban J connectivity index is 1.98. The topological polar surface area (TPSA) is 0 Å². The van der Waals surface area contributed by atoms with E-state index >= 15 is 0 Å². The summed E-state index contributed by atoms with van der Waals surface area (Å²) in [6.07, 6.45) is 9.91. The Morgan fingerprint density at radius 1 is 1.07 bits per heavy atom. The second-order valence-electron chi connectivity index (χ2n) is 4.68. The van der Waals surface area contributed by atoms with E-state index in [1.807, 2.05) is 0 Å². The summed E-state index contributed by atoms with van der Waals surface area (Å²) in [5.74, 6) is 1.49. The fourth-order valence-electron chi connectivity index (χ4n) is 2.79. The van der Waals surface area contributed by atoms with Crippen molar-refractivity contribution in [3.8, 4) is 0 Å². The maximum absolute atomic E-state index is 2.41. The second kappa shape index (κ2) is 3.37. The Bertz CT molecular complexity index is 421. The number of hydrogen-bond donors (Lipinski definition) is 0. The van der Waals surface area contributed by atoms with Gasteiger partial charge in [-0.2, -0.15) is 0 Å². The highest BCUT2D eigenvalue weighted by atomic mass is 14.4. The van der Waals surface area contributed by atoms with Crippen molar-refractivity contribution in [2.24, 2.45) is 11.8 Å². The fourth-order valence-corrected chi connectivity index (χ4v) is 2.79. The standard InChI is InChI=1S/C15H16/c1-11-4-2-3-5-14(11)10-15-12-6-7-13(15)9-8-12/h2-7,10,12-13H,8-9H2,1H3. The minimum Gasteiger partial charge on any atom is -0.0807 e. The van der Waals surface area contributed by atoms with E-state index in [2.05, 4.69) is 49.4 Å². The summed E-state index contributed by atoms with van der Waals surface area (Å²) in [6, 6.07) is 8.65. The monoisotopic (exact) mass is 196 g/mol. The van der Waals surface area contributed by atoms with Crippen LogP contribution in [0.3, 0.4) is 0 Å².